The van der Waals surface area contributed by atoms with Gasteiger partial charge >= 0.3 is 6.09 Å². The number of nitrogens with one attached hydrogen (secondary N) is 1. The zero-order valence-corrected chi connectivity index (χ0v) is 18.7. The van der Waals surface area contributed by atoms with Gasteiger partial charge in [-0.1, -0.05) is 74.0 Å². The first-order valence-electron chi connectivity index (χ1n) is 11.3. The lowest BCUT2D eigenvalue weighted by molar-refractivity contribution is -0.164. The van der Waals surface area contributed by atoms with Crippen LogP contribution >= 0.6 is 0 Å². The molecular weight excluding hydrogens is 386 g/mol. The quantitative estimate of drug-likeness (QED) is 0.575. The van der Waals surface area contributed by atoms with Gasteiger partial charge in [-0.15, -0.1) is 0 Å². The highest BCUT2D eigenvalue weighted by molar-refractivity contribution is 5.84. The van der Waals surface area contributed by atoms with Crippen molar-refractivity contribution in [2.24, 2.45) is 23.2 Å². The minimum Gasteiger partial charge on any atom is -0.449 e. The minimum absolute atomic E-state index is 0.193. The van der Waals surface area contributed by atoms with Crippen molar-refractivity contribution in [3.8, 4) is 0 Å². The number of carbonyl (C=O) groups is 1. The lowest BCUT2D eigenvalue weighted by atomic mass is 9.56. The number of rotatable bonds is 6. The molecule has 0 saturated carbocycles. The fourth-order valence-electron chi connectivity index (χ4n) is 5.48. The Morgan fingerprint density at radius 1 is 1.10 bits per heavy atom. The van der Waals surface area contributed by atoms with Crippen LogP contribution in [0, 0.1) is 23.2 Å². The number of benzene rings is 2. The van der Waals surface area contributed by atoms with Crippen molar-refractivity contribution >= 4 is 11.8 Å². The van der Waals surface area contributed by atoms with Gasteiger partial charge in [0, 0.05) is 17.0 Å². The number of hydrogen-bond donors (Lipinski definition) is 1. The van der Waals surface area contributed by atoms with Gasteiger partial charge in [0.15, 0.2) is 0 Å². The van der Waals surface area contributed by atoms with Crippen molar-refractivity contribution in [1.29, 1.82) is 0 Å². The van der Waals surface area contributed by atoms with Crippen LogP contribution < -0.4 is 5.32 Å². The van der Waals surface area contributed by atoms with E-state index < -0.39 is 6.09 Å². The van der Waals surface area contributed by atoms with Crippen LogP contribution in [-0.4, -0.2) is 25.4 Å². The van der Waals surface area contributed by atoms with E-state index in [1.165, 1.54) is 11.1 Å². The smallest absolute Gasteiger partial charge is 0.411 e. The lowest BCUT2D eigenvalue weighted by Crippen LogP contribution is -2.57. The molecule has 0 aromatic heterocycles. The number of carbonyl (C=O) groups excluding carboxylic acids is 1. The van der Waals surface area contributed by atoms with Gasteiger partial charge in [0.2, 0.25) is 0 Å². The Kier molecular flexibility index (Phi) is 6.47. The van der Waals surface area contributed by atoms with Gasteiger partial charge in [-0.05, 0) is 49.3 Å². The maximum absolute atomic E-state index is 12.4. The Morgan fingerprint density at radius 2 is 1.77 bits per heavy atom. The van der Waals surface area contributed by atoms with E-state index in [1.54, 1.807) is 0 Å². The van der Waals surface area contributed by atoms with Crippen LogP contribution in [0.1, 0.15) is 32.8 Å². The Balaban J connectivity index is 1.43. The standard InChI is InChI=1S/C27H33NO3/c1-19-16-20(2)27(18-31-26(29)28-23-12-8-5-9-13-23)17-30-24(25(19)21(27)3)15-14-22-10-6-4-7-11-22/h4-13,16,20-21,24-25H,14-15,17-18H2,1-3H3,(H,28,29). The molecule has 0 spiro atoms. The topological polar surface area (TPSA) is 47.6 Å². The normalized spacial score (nSPS) is 29.7. The number of hydrogen-bond acceptors (Lipinski definition) is 3. The molecule has 164 valence electrons. The Morgan fingerprint density at radius 3 is 2.48 bits per heavy atom. The zero-order valence-electron chi connectivity index (χ0n) is 18.7. The summed E-state index contributed by atoms with van der Waals surface area (Å²) in [6, 6.07) is 20.0. The minimum atomic E-state index is -0.408. The molecule has 1 amide bonds. The van der Waals surface area contributed by atoms with E-state index in [2.05, 4.69) is 62.5 Å². The molecule has 4 heteroatoms. The van der Waals surface area contributed by atoms with Gasteiger partial charge in [-0.25, -0.2) is 4.79 Å². The van der Waals surface area contributed by atoms with E-state index in [-0.39, 0.29) is 11.5 Å². The highest BCUT2D eigenvalue weighted by atomic mass is 16.6. The van der Waals surface area contributed by atoms with Crippen molar-refractivity contribution in [3.63, 3.8) is 0 Å². The fraction of sp³-hybridized carbons (Fsp3) is 0.444. The van der Waals surface area contributed by atoms with E-state index in [9.17, 15) is 4.79 Å². The summed E-state index contributed by atoms with van der Waals surface area (Å²) in [5, 5.41) is 2.82. The molecule has 0 radical (unpaired) electrons. The molecule has 1 saturated heterocycles. The van der Waals surface area contributed by atoms with E-state index in [0.717, 1.165) is 18.5 Å². The van der Waals surface area contributed by atoms with Crippen LogP contribution in [0.15, 0.2) is 72.3 Å². The van der Waals surface area contributed by atoms with E-state index in [4.69, 9.17) is 9.47 Å². The van der Waals surface area contributed by atoms with Crippen LogP contribution in [0.5, 0.6) is 0 Å². The fourth-order valence-corrected chi connectivity index (χ4v) is 5.48. The molecule has 2 aliphatic rings. The summed E-state index contributed by atoms with van der Waals surface area (Å²) in [4.78, 5) is 12.4. The van der Waals surface area contributed by atoms with Gasteiger partial charge in [0.25, 0.3) is 0 Å². The average Bonchev–Trinajstić information content (AvgIpc) is 2.77. The van der Waals surface area contributed by atoms with Crippen molar-refractivity contribution in [2.75, 3.05) is 18.5 Å². The monoisotopic (exact) mass is 419 g/mol. The summed E-state index contributed by atoms with van der Waals surface area (Å²) in [7, 11) is 0. The van der Waals surface area contributed by atoms with E-state index >= 15 is 0 Å². The highest BCUT2D eigenvalue weighted by Crippen LogP contribution is 2.53. The number of ether oxygens (including phenoxy) is 2. The first-order chi connectivity index (χ1) is 15.0. The third-order valence-electron chi connectivity index (χ3n) is 7.41. The molecular formula is C27H33NO3. The van der Waals surface area contributed by atoms with Crippen LogP contribution in [0.3, 0.4) is 0 Å². The summed E-state index contributed by atoms with van der Waals surface area (Å²) >= 11 is 0. The SMILES string of the molecule is CC1=CC(C)C2(COC(=O)Nc3ccccc3)COC(CCc3ccccc3)C1C2C. The van der Waals surface area contributed by atoms with Crippen LogP contribution in [0.25, 0.3) is 0 Å². The van der Waals surface area contributed by atoms with E-state index in [0.29, 0.717) is 31.0 Å². The van der Waals surface area contributed by atoms with Crippen LogP contribution in [0.4, 0.5) is 10.5 Å². The number of fused-ring (bicyclic) bond motifs is 2. The molecule has 31 heavy (non-hydrogen) atoms. The predicted octanol–water partition coefficient (Wildman–Crippen LogP) is 6.10. The number of allylic oxidation sites excluding steroid dienone is 1. The second kappa shape index (κ2) is 9.27. The van der Waals surface area contributed by atoms with Gasteiger partial charge in [0.1, 0.15) is 6.61 Å². The second-order valence-corrected chi connectivity index (χ2v) is 9.19. The van der Waals surface area contributed by atoms with Crippen molar-refractivity contribution in [1.82, 2.24) is 0 Å². The van der Waals surface area contributed by atoms with Crippen molar-refractivity contribution < 1.29 is 14.3 Å². The summed E-state index contributed by atoms with van der Waals surface area (Å²) in [6.07, 6.45) is 4.19. The molecule has 1 heterocycles. The molecule has 2 aromatic carbocycles. The molecule has 2 bridgehead atoms. The zero-order chi connectivity index (χ0) is 21.8. The van der Waals surface area contributed by atoms with Gasteiger partial charge in [0.05, 0.1) is 12.7 Å². The molecule has 4 nitrogen and oxygen atoms in total. The molecule has 5 unspecified atom stereocenters. The third-order valence-corrected chi connectivity index (χ3v) is 7.41. The summed E-state index contributed by atoms with van der Waals surface area (Å²) in [5.74, 6) is 1.03. The molecule has 4 rings (SSSR count). The van der Waals surface area contributed by atoms with Gasteiger partial charge in [-0.3, -0.25) is 5.32 Å². The Labute approximate surface area is 185 Å². The maximum Gasteiger partial charge on any atom is 0.411 e. The summed E-state index contributed by atoms with van der Waals surface area (Å²) in [6.45, 7) is 7.75. The molecule has 2 aromatic rings. The van der Waals surface area contributed by atoms with Gasteiger partial charge < -0.3 is 9.47 Å². The number of anilines is 1. The van der Waals surface area contributed by atoms with Crippen LogP contribution in [0.2, 0.25) is 0 Å². The molecule has 1 aliphatic heterocycles. The number of para-hydroxylation sites is 1. The van der Waals surface area contributed by atoms with Crippen molar-refractivity contribution in [3.05, 3.63) is 77.9 Å². The predicted molar refractivity (Wildman–Crippen MR) is 124 cm³/mol. The average molecular weight is 420 g/mol. The summed E-state index contributed by atoms with van der Waals surface area (Å²) in [5.41, 5.74) is 3.30. The lowest BCUT2D eigenvalue weighted by Gasteiger charge is -2.55. The molecule has 5 atom stereocenters. The first-order valence-corrected chi connectivity index (χ1v) is 11.3. The number of aryl methyl sites for hydroxylation is 1. The van der Waals surface area contributed by atoms with E-state index in [1.807, 2.05) is 30.3 Å². The highest BCUT2D eigenvalue weighted by Gasteiger charge is 2.54. The second-order valence-electron chi connectivity index (χ2n) is 9.19. The first kappa shape index (κ1) is 21.6. The molecule has 1 fully saturated rings. The van der Waals surface area contributed by atoms with Crippen LogP contribution in [-0.2, 0) is 15.9 Å². The maximum atomic E-state index is 12.4. The summed E-state index contributed by atoms with van der Waals surface area (Å²) < 4.78 is 12.2. The van der Waals surface area contributed by atoms with Crippen molar-refractivity contribution in [2.45, 2.75) is 39.7 Å². The third kappa shape index (κ3) is 4.54. The van der Waals surface area contributed by atoms with Gasteiger partial charge in [-0.2, -0.15) is 0 Å². The molecule has 1 N–H and O–H groups in total. The Bertz CT molecular complexity index is 911. The molecule has 1 aliphatic carbocycles. The number of amides is 1. The Hall–Kier alpha value is -2.59. The largest absolute Gasteiger partial charge is 0.449 e.